The SMILES string of the molecule is Cc1cc(C)c(CNC(=O)c2cccnc2)c(C)c1. The van der Waals surface area contributed by atoms with Crippen LogP contribution in [-0.4, -0.2) is 10.9 Å². The Hall–Kier alpha value is -2.16. The monoisotopic (exact) mass is 254 g/mol. The van der Waals surface area contributed by atoms with E-state index in [9.17, 15) is 4.79 Å². The summed E-state index contributed by atoms with van der Waals surface area (Å²) in [6, 6.07) is 7.80. The lowest BCUT2D eigenvalue weighted by Crippen LogP contribution is -2.23. The maximum absolute atomic E-state index is 12.0. The van der Waals surface area contributed by atoms with Gasteiger partial charge >= 0.3 is 0 Å². The first-order chi connectivity index (χ1) is 9.08. The van der Waals surface area contributed by atoms with E-state index >= 15 is 0 Å². The Balaban J connectivity index is 2.10. The van der Waals surface area contributed by atoms with Gasteiger partial charge in [-0.2, -0.15) is 0 Å². The molecule has 0 radical (unpaired) electrons. The van der Waals surface area contributed by atoms with Crippen molar-refractivity contribution in [2.45, 2.75) is 27.3 Å². The van der Waals surface area contributed by atoms with Crippen molar-refractivity contribution >= 4 is 5.91 Å². The molecule has 19 heavy (non-hydrogen) atoms. The van der Waals surface area contributed by atoms with Gasteiger partial charge in [0.2, 0.25) is 0 Å². The van der Waals surface area contributed by atoms with Gasteiger partial charge in [-0.3, -0.25) is 9.78 Å². The molecule has 0 spiro atoms. The number of hydrogen-bond acceptors (Lipinski definition) is 2. The zero-order chi connectivity index (χ0) is 13.8. The highest BCUT2D eigenvalue weighted by atomic mass is 16.1. The number of nitrogens with zero attached hydrogens (tertiary/aromatic N) is 1. The van der Waals surface area contributed by atoms with Gasteiger partial charge in [0, 0.05) is 18.9 Å². The Morgan fingerprint density at radius 3 is 2.47 bits per heavy atom. The molecule has 2 rings (SSSR count). The summed E-state index contributed by atoms with van der Waals surface area (Å²) >= 11 is 0. The lowest BCUT2D eigenvalue weighted by atomic mass is 10.00. The second-order valence-corrected chi connectivity index (χ2v) is 4.80. The summed E-state index contributed by atoms with van der Waals surface area (Å²) in [5.74, 6) is -0.0903. The Morgan fingerprint density at radius 1 is 1.21 bits per heavy atom. The molecule has 0 aliphatic carbocycles. The van der Waals surface area contributed by atoms with E-state index in [0.29, 0.717) is 12.1 Å². The van der Waals surface area contributed by atoms with Crippen LogP contribution in [0.5, 0.6) is 0 Å². The summed E-state index contributed by atoms with van der Waals surface area (Å²) in [5, 5.41) is 2.94. The van der Waals surface area contributed by atoms with Crippen molar-refractivity contribution in [2.24, 2.45) is 0 Å². The summed E-state index contributed by atoms with van der Waals surface area (Å²) < 4.78 is 0. The van der Waals surface area contributed by atoms with Crippen LogP contribution < -0.4 is 5.32 Å². The molecule has 0 saturated carbocycles. The van der Waals surface area contributed by atoms with Gasteiger partial charge in [-0.25, -0.2) is 0 Å². The Labute approximate surface area is 113 Å². The van der Waals surface area contributed by atoms with Gasteiger partial charge in [-0.1, -0.05) is 17.7 Å². The number of aryl methyl sites for hydroxylation is 3. The third-order valence-electron chi connectivity index (χ3n) is 3.19. The summed E-state index contributed by atoms with van der Waals surface area (Å²) in [6.07, 6.45) is 3.23. The molecule has 0 atom stereocenters. The molecule has 0 bridgehead atoms. The molecule has 98 valence electrons. The van der Waals surface area contributed by atoms with Crippen molar-refractivity contribution in [3.05, 3.63) is 64.5 Å². The molecule has 1 N–H and O–H groups in total. The molecule has 0 aliphatic rings. The number of carbonyl (C=O) groups excluding carboxylic acids is 1. The van der Waals surface area contributed by atoms with E-state index in [-0.39, 0.29) is 5.91 Å². The Kier molecular flexibility index (Phi) is 3.95. The third-order valence-corrected chi connectivity index (χ3v) is 3.19. The first-order valence-electron chi connectivity index (χ1n) is 6.33. The van der Waals surface area contributed by atoms with Crippen LogP contribution in [0.15, 0.2) is 36.7 Å². The molecule has 2 aromatic rings. The van der Waals surface area contributed by atoms with Crippen LogP contribution in [0.4, 0.5) is 0 Å². The van der Waals surface area contributed by atoms with E-state index in [0.717, 1.165) is 0 Å². The van der Waals surface area contributed by atoms with Crippen molar-refractivity contribution in [1.82, 2.24) is 10.3 Å². The molecule has 1 aromatic carbocycles. The number of nitrogens with one attached hydrogen (secondary N) is 1. The predicted molar refractivity (Wildman–Crippen MR) is 76.1 cm³/mol. The molecule has 1 amide bonds. The molecule has 0 aliphatic heterocycles. The van der Waals surface area contributed by atoms with Gasteiger partial charge in [-0.15, -0.1) is 0 Å². The van der Waals surface area contributed by atoms with Crippen molar-refractivity contribution in [3.8, 4) is 0 Å². The fourth-order valence-corrected chi connectivity index (χ4v) is 2.26. The van der Waals surface area contributed by atoms with Gasteiger partial charge in [0.05, 0.1) is 5.56 Å². The average Bonchev–Trinajstić information content (AvgIpc) is 2.38. The lowest BCUT2D eigenvalue weighted by Gasteiger charge is -2.12. The number of carbonyl (C=O) groups is 1. The van der Waals surface area contributed by atoms with E-state index < -0.39 is 0 Å². The van der Waals surface area contributed by atoms with Gasteiger partial charge in [0.15, 0.2) is 0 Å². The van der Waals surface area contributed by atoms with Gasteiger partial charge < -0.3 is 5.32 Å². The zero-order valence-corrected chi connectivity index (χ0v) is 11.5. The quantitative estimate of drug-likeness (QED) is 0.915. The zero-order valence-electron chi connectivity index (χ0n) is 11.5. The van der Waals surface area contributed by atoms with E-state index in [1.165, 1.54) is 22.3 Å². The Morgan fingerprint density at radius 2 is 1.89 bits per heavy atom. The minimum atomic E-state index is -0.0903. The summed E-state index contributed by atoms with van der Waals surface area (Å²) in [4.78, 5) is 15.9. The summed E-state index contributed by atoms with van der Waals surface area (Å²) in [6.45, 7) is 6.78. The van der Waals surface area contributed by atoms with Gasteiger partial charge in [0.1, 0.15) is 0 Å². The number of pyridine rings is 1. The fourth-order valence-electron chi connectivity index (χ4n) is 2.26. The molecule has 0 saturated heterocycles. The standard InChI is InChI=1S/C16H18N2O/c1-11-7-12(2)15(13(3)8-11)10-18-16(19)14-5-4-6-17-9-14/h4-9H,10H2,1-3H3,(H,18,19). The van der Waals surface area contributed by atoms with Crippen LogP contribution in [0.25, 0.3) is 0 Å². The smallest absolute Gasteiger partial charge is 0.253 e. The number of amides is 1. The highest BCUT2D eigenvalue weighted by Gasteiger charge is 2.08. The number of aromatic nitrogens is 1. The molecule has 3 heteroatoms. The van der Waals surface area contributed by atoms with E-state index in [1.54, 1.807) is 24.5 Å². The van der Waals surface area contributed by atoms with Crippen LogP contribution >= 0.6 is 0 Å². The average molecular weight is 254 g/mol. The predicted octanol–water partition coefficient (Wildman–Crippen LogP) is 2.94. The van der Waals surface area contributed by atoms with Crippen molar-refractivity contribution in [2.75, 3.05) is 0 Å². The largest absolute Gasteiger partial charge is 0.348 e. The van der Waals surface area contributed by atoms with Crippen LogP contribution in [-0.2, 0) is 6.54 Å². The van der Waals surface area contributed by atoms with Crippen LogP contribution in [0.2, 0.25) is 0 Å². The lowest BCUT2D eigenvalue weighted by molar-refractivity contribution is 0.0950. The fraction of sp³-hybridized carbons (Fsp3) is 0.250. The minimum Gasteiger partial charge on any atom is -0.348 e. The molecule has 1 heterocycles. The summed E-state index contributed by atoms with van der Waals surface area (Å²) in [7, 11) is 0. The van der Waals surface area contributed by atoms with Gasteiger partial charge in [0.25, 0.3) is 5.91 Å². The third kappa shape index (κ3) is 3.19. The normalized spacial score (nSPS) is 10.3. The molecule has 1 aromatic heterocycles. The first kappa shape index (κ1) is 13.3. The first-order valence-corrected chi connectivity index (χ1v) is 6.33. The number of benzene rings is 1. The second kappa shape index (κ2) is 5.65. The van der Waals surface area contributed by atoms with Crippen molar-refractivity contribution in [3.63, 3.8) is 0 Å². The van der Waals surface area contributed by atoms with E-state index in [4.69, 9.17) is 0 Å². The molecule has 0 unspecified atom stereocenters. The van der Waals surface area contributed by atoms with Crippen molar-refractivity contribution in [1.29, 1.82) is 0 Å². The topological polar surface area (TPSA) is 42.0 Å². The maximum atomic E-state index is 12.0. The van der Waals surface area contributed by atoms with E-state index in [2.05, 4.69) is 43.2 Å². The highest BCUT2D eigenvalue weighted by Crippen LogP contribution is 2.16. The van der Waals surface area contributed by atoms with Crippen LogP contribution in [0, 0.1) is 20.8 Å². The Bertz CT molecular complexity index is 568. The summed E-state index contributed by atoms with van der Waals surface area (Å²) in [5.41, 5.74) is 5.44. The minimum absolute atomic E-state index is 0.0903. The highest BCUT2D eigenvalue weighted by molar-refractivity contribution is 5.93. The van der Waals surface area contributed by atoms with Gasteiger partial charge in [-0.05, 0) is 49.6 Å². The second-order valence-electron chi connectivity index (χ2n) is 4.80. The van der Waals surface area contributed by atoms with Crippen LogP contribution in [0.1, 0.15) is 32.6 Å². The van der Waals surface area contributed by atoms with Crippen molar-refractivity contribution < 1.29 is 4.79 Å². The molecular formula is C16H18N2O. The number of rotatable bonds is 3. The van der Waals surface area contributed by atoms with Crippen LogP contribution in [0.3, 0.4) is 0 Å². The maximum Gasteiger partial charge on any atom is 0.253 e. The molecule has 0 fully saturated rings. The molecule has 3 nitrogen and oxygen atoms in total. The van der Waals surface area contributed by atoms with E-state index in [1.807, 2.05) is 0 Å². The molecular weight excluding hydrogens is 236 g/mol. The number of hydrogen-bond donors (Lipinski definition) is 1.